The summed E-state index contributed by atoms with van der Waals surface area (Å²) < 4.78 is 4.76. The largest absolute Gasteiger partial charge is 0.504 e. The number of carbonyl (C=O) groups is 1. The summed E-state index contributed by atoms with van der Waals surface area (Å²) in [5.41, 5.74) is 5.90. The summed E-state index contributed by atoms with van der Waals surface area (Å²) in [5.74, 6) is -0.995. The molecule has 0 spiro atoms. The lowest BCUT2D eigenvalue weighted by atomic mass is 10.1. The first-order valence-electron chi connectivity index (χ1n) is 4.58. The zero-order chi connectivity index (χ0) is 12.3. The van der Waals surface area contributed by atoms with Crippen LogP contribution in [0.2, 0.25) is 0 Å². The highest BCUT2D eigenvalue weighted by molar-refractivity contribution is 5.83. The molecule has 0 saturated heterocycles. The molecule has 1 atom stereocenters. The Bertz CT molecular complexity index is 383. The second-order valence-electron chi connectivity index (χ2n) is 3.18. The van der Waals surface area contributed by atoms with Gasteiger partial charge in [-0.15, -0.1) is 0 Å². The van der Waals surface area contributed by atoms with Crippen LogP contribution in [0.25, 0.3) is 0 Å². The van der Waals surface area contributed by atoms with E-state index in [2.05, 4.69) is 5.32 Å². The molecular formula is C10H14N2O4. The van der Waals surface area contributed by atoms with Crippen molar-refractivity contribution in [2.24, 2.45) is 5.73 Å². The van der Waals surface area contributed by atoms with E-state index in [-0.39, 0.29) is 17.2 Å². The fourth-order valence-corrected chi connectivity index (χ4v) is 1.32. The number of likely N-dealkylation sites (N-methyl/N-ethyl adjacent to an activating group) is 1. The normalized spacial score (nSPS) is 11.9. The Labute approximate surface area is 92.6 Å². The van der Waals surface area contributed by atoms with Crippen molar-refractivity contribution < 1.29 is 19.7 Å². The number of hydrogen-bond donors (Lipinski definition) is 4. The smallest absolute Gasteiger partial charge is 0.241 e. The van der Waals surface area contributed by atoms with E-state index >= 15 is 0 Å². The van der Waals surface area contributed by atoms with Gasteiger partial charge in [0.15, 0.2) is 11.5 Å². The Balaban J connectivity index is 3.13. The number of amides is 1. The van der Waals surface area contributed by atoms with Gasteiger partial charge in [-0.3, -0.25) is 4.79 Å². The number of phenols is 2. The summed E-state index contributed by atoms with van der Waals surface area (Å²) in [7, 11) is 2.76. The molecule has 0 aromatic heterocycles. The molecule has 0 fully saturated rings. The highest BCUT2D eigenvalue weighted by atomic mass is 16.5. The van der Waals surface area contributed by atoms with Crippen LogP contribution in [-0.2, 0) is 4.79 Å². The molecule has 0 heterocycles. The maximum Gasteiger partial charge on any atom is 0.241 e. The number of nitrogens with one attached hydrogen (secondary N) is 1. The molecule has 1 aromatic rings. The number of ether oxygens (including phenoxy) is 1. The van der Waals surface area contributed by atoms with Gasteiger partial charge in [0, 0.05) is 7.05 Å². The molecule has 0 saturated carbocycles. The molecule has 0 radical (unpaired) electrons. The Morgan fingerprint density at radius 2 is 1.94 bits per heavy atom. The third kappa shape index (κ3) is 2.17. The van der Waals surface area contributed by atoms with Gasteiger partial charge in [0.05, 0.1) is 7.11 Å². The molecule has 16 heavy (non-hydrogen) atoms. The van der Waals surface area contributed by atoms with Crippen LogP contribution in [0.15, 0.2) is 12.1 Å². The molecule has 6 nitrogen and oxygen atoms in total. The zero-order valence-corrected chi connectivity index (χ0v) is 9.02. The topological polar surface area (TPSA) is 105 Å². The SMILES string of the molecule is CNC(=O)[C@@H](N)c1cc(O)c(OC)c(O)c1. The number of hydrogen-bond acceptors (Lipinski definition) is 5. The number of benzene rings is 1. The summed E-state index contributed by atoms with van der Waals surface area (Å²) in [6, 6.07) is 1.60. The van der Waals surface area contributed by atoms with E-state index in [9.17, 15) is 15.0 Å². The number of aromatic hydroxyl groups is 2. The number of rotatable bonds is 3. The number of nitrogens with two attached hydrogens (primary N) is 1. The van der Waals surface area contributed by atoms with Crippen molar-refractivity contribution in [2.45, 2.75) is 6.04 Å². The molecule has 0 bridgehead atoms. The van der Waals surface area contributed by atoms with Crippen molar-refractivity contribution in [3.8, 4) is 17.2 Å². The van der Waals surface area contributed by atoms with E-state index in [1.54, 1.807) is 0 Å². The monoisotopic (exact) mass is 226 g/mol. The quantitative estimate of drug-likeness (QED) is 0.573. The van der Waals surface area contributed by atoms with Crippen molar-refractivity contribution in [3.63, 3.8) is 0 Å². The van der Waals surface area contributed by atoms with E-state index in [0.717, 1.165) is 0 Å². The minimum absolute atomic E-state index is 0.0483. The lowest BCUT2D eigenvalue weighted by Crippen LogP contribution is -2.31. The van der Waals surface area contributed by atoms with Crippen LogP contribution in [0.4, 0.5) is 0 Å². The lowest BCUT2D eigenvalue weighted by molar-refractivity contribution is -0.121. The van der Waals surface area contributed by atoms with Gasteiger partial charge in [0.1, 0.15) is 6.04 Å². The van der Waals surface area contributed by atoms with Crippen LogP contribution >= 0.6 is 0 Å². The van der Waals surface area contributed by atoms with Crippen LogP contribution in [-0.4, -0.2) is 30.3 Å². The zero-order valence-electron chi connectivity index (χ0n) is 9.02. The first-order valence-corrected chi connectivity index (χ1v) is 4.58. The van der Waals surface area contributed by atoms with Gasteiger partial charge in [-0.2, -0.15) is 0 Å². The van der Waals surface area contributed by atoms with Crippen molar-refractivity contribution in [2.75, 3.05) is 14.2 Å². The van der Waals surface area contributed by atoms with E-state index in [1.165, 1.54) is 26.3 Å². The Morgan fingerprint density at radius 1 is 1.44 bits per heavy atom. The van der Waals surface area contributed by atoms with Gasteiger partial charge in [-0.25, -0.2) is 0 Å². The van der Waals surface area contributed by atoms with Crippen LogP contribution in [0.5, 0.6) is 17.2 Å². The van der Waals surface area contributed by atoms with Gasteiger partial charge in [0.2, 0.25) is 11.7 Å². The fraction of sp³-hybridized carbons (Fsp3) is 0.300. The molecule has 0 aliphatic rings. The number of phenolic OH excluding ortho intramolecular Hbond substituents is 2. The minimum Gasteiger partial charge on any atom is -0.504 e. The molecule has 88 valence electrons. The second kappa shape index (κ2) is 4.71. The summed E-state index contributed by atoms with van der Waals surface area (Å²) in [5, 5.41) is 21.4. The third-order valence-corrected chi connectivity index (χ3v) is 2.16. The van der Waals surface area contributed by atoms with Crippen molar-refractivity contribution in [1.29, 1.82) is 0 Å². The molecular weight excluding hydrogens is 212 g/mol. The van der Waals surface area contributed by atoms with Gasteiger partial charge in [0.25, 0.3) is 0 Å². The van der Waals surface area contributed by atoms with Crippen LogP contribution < -0.4 is 15.8 Å². The fourth-order valence-electron chi connectivity index (χ4n) is 1.32. The van der Waals surface area contributed by atoms with E-state index in [1.807, 2.05) is 0 Å². The third-order valence-electron chi connectivity index (χ3n) is 2.16. The Morgan fingerprint density at radius 3 is 2.31 bits per heavy atom. The van der Waals surface area contributed by atoms with E-state index in [0.29, 0.717) is 5.56 Å². The van der Waals surface area contributed by atoms with Crippen LogP contribution in [0.3, 0.4) is 0 Å². The lowest BCUT2D eigenvalue weighted by Gasteiger charge is -2.13. The average molecular weight is 226 g/mol. The summed E-state index contributed by atoms with van der Waals surface area (Å²) in [4.78, 5) is 11.3. The molecule has 0 aliphatic heterocycles. The van der Waals surface area contributed by atoms with Crippen molar-refractivity contribution in [1.82, 2.24) is 5.32 Å². The standard InChI is InChI=1S/C10H14N2O4/c1-12-10(15)8(11)5-3-6(13)9(16-2)7(14)4-5/h3-4,8,13-14H,11H2,1-2H3,(H,12,15)/t8-/m0/s1. The van der Waals surface area contributed by atoms with Gasteiger partial charge >= 0.3 is 0 Å². The predicted octanol–water partition coefficient (Wildman–Crippen LogP) is -0.148. The minimum atomic E-state index is -0.951. The highest BCUT2D eigenvalue weighted by Crippen LogP contribution is 2.37. The first kappa shape index (κ1) is 12.1. The van der Waals surface area contributed by atoms with Gasteiger partial charge in [-0.05, 0) is 17.7 Å². The van der Waals surface area contributed by atoms with Gasteiger partial charge < -0.3 is 26.0 Å². The first-order chi connectivity index (χ1) is 7.51. The highest BCUT2D eigenvalue weighted by Gasteiger charge is 2.18. The molecule has 1 aromatic carbocycles. The molecule has 0 aliphatic carbocycles. The molecule has 6 heteroatoms. The maximum absolute atomic E-state index is 11.3. The summed E-state index contributed by atoms with van der Waals surface area (Å²) in [6.45, 7) is 0. The molecule has 5 N–H and O–H groups in total. The van der Waals surface area contributed by atoms with Gasteiger partial charge in [-0.1, -0.05) is 0 Å². The maximum atomic E-state index is 11.3. The van der Waals surface area contributed by atoms with Crippen molar-refractivity contribution >= 4 is 5.91 Å². The predicted molar refractivity (Wildman–Crippen MR) is 57.3 cm³/mol. The molecule has 0 unspecified atom stereocenters. The Hall–Kier alpha value is -1.95. The van der Waals surface area contributed by atoms with Crippen LogP contribution in [0.1, 0.15) is 11.6 Å². The summed E-state index contributed by atoms with van der Waals surface area (Å²) >= 11 is 0. The summed E-state index contributed by atoms with van der Waals surface area (Å²) in [6.07, 6.45) is 0. The average Bonchev–Trinajstić information content (AvgIpc) is 2.26. The molecule has 1 rings (SSSR count). The van der Waals surface area contributed by atoms with E-state index in [4.69, 9.17) is 10.5 Å². The molecule has 1 amide bonds. The van der Waals surface area contributed by atoms with Crippen molar-refractivity contribution in [3.05, 3.63) is 17.7 Å². The number of methoxy groups -OCH3 is 1. The Kier molecular flexibility index (Phi) is 3.57. The van der Waals surface area contributed by atoms with Crippen LogP contribution in [0, 0.1) is 0 Å². The second-order valence-corrected chi connectivity index (χ2v) is 3.18. The van der Waals surface area contributed by atoms with E-state index < -0.39 is 11.9 Å². The number of carbonyl (C=O) groups excluding carboxylic acids is 1.